The molecule has 1 heterocycles. The molecule has 3 nitrogen and oxygen atoms in total. The molecule has 0 aliphatic heterocycles. The van der Waals surface area contributed by atoms with Crippen LogP contribution in [-0.2, 0) is 5.75 Å². The molecule has 0 spiro atoms. The van der Waals surface area contributed by atoms with E-state index in [2.05, 4.69) is 23.3 Å². The molecular formula is C17H17N3S. The molecule has 2 N–H and O–H groups in total. The lowest BCUT2D eigenvalue weighted by molar-refractivity contribution is 0.859. The minimum absolute atomic E-state index is 0.840. The van der Waals surface area contributed by atoms with Gasteiger partial charge in [-0.1, -0.05) is 18.2 Å². The third kappa shape index (κ3) is 3.28. The highest BCUT2D eigenvalue weighted by Gasteiger charge is 2.03. The van der Waals surface area contributed by atoms with E-state index in [4.69, 9.17) is 5.73 Å². The van der Waals surface area contributed by atoms with Crippen LogP contribution in [0.2, 0.25) is 0 Å². The summed E-state index contributed by atoms with van der Waals surface area (Å²) in [6.45, 7) is 2.03. The number of aryl methyl sites for hydroxylation is 1. The van der Waals surface area contributed by atoms with Crippen molar-refractivity contribution < 1.29 is 0 Å². The lowest BCUT2D eigenvalue weighted by atomic mass is 10.2. The Morgan fingerprint density at radius 2 is 1.90 bits per heavy atom. The van der Waals surface area contributed by atoms with Crippen molar-refractivity contribution in [3.05, 3.63) is 72.1 Å². The fourth-order valence-corrected chi connectivity index (χ4v) is 2.95. The number of nitrogens with zero attached hydrogens (tertiary/aromatic N) is 2. The topological polar surface area (TPSA) is 43.8 Å². The Hall–Kier alpha value is -2.20. The highest BCUT2D eigenvalue weighted by molar-refractivity contribution is 7.98. The maximum Gasteiger partial charge on any atom is 0.0731 e. The molecule has 106 valence electrons. The van der Waals surface area contributed by atoms with E-state index in [9.17, 15) is 0 Å². The van der Waals surface area contributed by atoms with Crippen molar-refractivity contribution >= 4 is 17.4 Å². The van der Waals surface area contributed by atoms with Gasteiger partial charge in [0.2, 0.25) is 0 Å². The molecule has 0 saturated carbocycles. The summed E-state index contributed by atoms with van der Waals surface area (Å²) in [7, 11) is 0. The summed E-state index contributed by atoms with van der Waals surface area (Å²) in [4.78, 5) is 1.22. The number of para-hydroxylation sites is 1. The quantitative estimate of drug-likeness (QED) is 0.583. The number of aromatic nitrogens is 2. The zero-order valence-corrected chi connectivity index (χ0v) is 12.7. The number of anilines is 1. The van der Waals surface area contributed by atoms with Gasteiger partial charge < -0.3 is 5.73 Å². The van der Waals surface area contributed by atoms with Crippen LogP contribution < -0.4 is 5.73 Å². The van der Waals surface area contributed by atoms with Crippen molar-refractivity contribution in [1.29, 1.82) is 0 Å². The number of hydrogen-bond donors (Lipinski definition) is 1. The third-order valence-corrected chi connectivity index (χ3v) is 4.32. The van der Waals surface area contributed by atoms with Crippen LogP contribution in [-0.4, -0.2) is 9.78 Å². The fraction of sp³-hybridized carbons (Fsp3) is 0.118. The summed E-state index contributed by atoms with van der Waals surface area (Å²) in [6, 6.07) is 18.3. The smallest absolute Gasteiger partial charge is 0.0731 e. The molecule has 0 unspecified atom stereocenters. The maximum atomic E-state index is 5.84. The van der Waals surface area contributed by atoms with Crippen molar-refractivity contribution in [3.8, 4) is 5.69 Å². The second kappa shape index (κ2) is 6.06. The molecule has 0 amide bonds. The first-order valence-electron chi connectivity index (χ1n) is 6.81. The van der Waals surface area contributed by atoms with Crippen LogP contribution in [0, 0.1) is 6.92 Å². The monoisotopic (exact) mass is 295 g/mol. The Morgan fingerprint density at radius 3 is 2.67 bits per heavy atom. The van der Waals surface area contributed by atoms with Gasteiger partial charge in [0.05, 0.1) is 11.4 Å². The van der Waals surface area contributed by atoms with E-state index in [1.165, 1.54) is 4.90 Å². The third-order valence-electron chi connectivity index (χ3n) is 3.29. The number of hydrogen-bond acceptors (Lipinski definition) is 3. The molecule has 1 aromatic heterocycles. The molecule has 4 heteroatoms. The van der Waals surface area contributed by atoms with Crippen molar-refractivity contribution in [1.82, 2.24) is 9.78 Å². The van der Waals surface area contributed by atoms with Crippen molar-refractivity contribution in [2.45, 2.75) is 17.6 Å². The average Bonchev–Trinajstić information content (AvgIpc) is 2.98. The van der Waals surface area contributed by atoms with Crippen molar-refractivity contribution in [2.75, 3.05) is 5.73 Å². The number of nitrogens with two attached hydrogens (primary N) is 1. The zero-order chi connectivity index (χ0) is 14.7. The standard InChI is InChI=1S/C17H17N3S/c1-13-11-16(7-8-17(13)18)21-12-14-9-10-20(19-14)15-5-3-2-4-6-15/h2-11H,12,18H2,1H3. The molecule has 21 heavy (non-hydrogen) atoms. The Morgan fingerprint density at radius 1 is 1.10 bits per heavy atom. The van der Waals surface area contributed by atoms with Gasteiger partial charge in [-0.05, 0) is 48.9 Å². The van der Waals surface area contributed by atoms with E-state index < -0.39 is 0 Å². The Kier molecular flexibility index (Phi) is 3.97. The molecule has 0 atom stereocenters. The largest absolute Gasteiger partial charge is 0.399 e. The van der Waals surface area contributed by atoms with E-state index in [1.807, 2.05) is 54.2 Å². The van der Waals surface area contributed by atoms with Gasteiger partial charge in [-0.15, -0.1) is 11.8 Å². The summed E-state index contributed by atoms with van der Waals surface area (Å²) < 4.78 is 1.91. The molecule has 0 fully saturated rings. The summed E-state index contributed by atoms with van der Waals surface area (Å²) in [5.41, 5.74) is 9.95. The SMILES string of the molecule is Cc1cc(SCc2ccn(-c3ccccc3)n2)ccc1N. The van der Waals surface area contributed by atoms with Crippen LogP contribution in [0.3, 0.4) is 0 Å². The van der Waals surface area contributed by atoms with Crippen LogP contribution in [0.5, 0.6) is 0 Å². The van der Waals surface area contributed by atoms with E-state index in [1.54, 1.807) is 11.8 Å². The lowest BCUT2D eigenvalue weighted by Crippen LogP contribution is -1.95. The average molecular weight is 295 g/mol. The highest BCUT2D eigenvalue weighted by atomic mass is 32.2. The van der Waals surface area contributed by atoms with E-state index in [-0.39, 0.29) is 0 Å². The molecule has 3 rings (SSSR count). The van der Waals surface area contributed by atoms with Crippen LogP contribution >= 0.6 is 11.8 Å². The molecule has 3 aromatic rings. The molecule has 0 radical (unpaired) electrons. The van der Waals surface area contributed by atoms with Crippen molar-refractivity contribution in [3.63, 3.8) is 0 Å². The molecule has 0 bridgehead atoms. The highest BCUT2D eigenvalue weighted by Crippen LogP contribution is 2.25. The van der Waals surface area contributed by atoms with E-state index in [0.717, 1.165) is 28.4 Å². The van der Waals surface area contributed by atoms with Crippen LogP contribution in [0.1, 0.15) is 11.3 Å². The summed E-state index contributed by atoms with van der Waals surface area (Å²) >= 11 is 1.77. The Labute approximate surface area is 128 Å². The molecule has 0 saturated heterocycles. The van der Waals surface area contributed by atoms with Gasteiger partial charge in [0.15, 0.2) is 0 Å². The zero-order valence-electron chi connectivity index (χ0n) is 11.9. The number of thioether (sulfide) groups is 1. The van der Waals surface area contributed by atoms with Crippen LogP contribution in [0.25, 0.3) is 5.69 Å². The first-order chi connectivity index (χ1) is 10.2. The van der Waals surface area contributed by atoms with E-state index >= 15 is 0 Å². The molecule has 0 aliphatic carbocycles. The van der Waals surface area contributed by atoms with Crippen LogP contribution in [0.15, 0.2) is 65.7 Å². The van der Waals surface area contributed by atoms with Gasteiger partial charge in [0.25, 0.3) is 0 Å². The first kappa shape index (κ1) is 13.8. The van der Waals surface area contributed by atoms with Gasteiger partial charge in [-0.2, -0.15) is 5.10 Å². The Balaban J connectivity index is 1.69. The molecular weight excluding hydrogens is 278 g/mol. The van der Waals surface area contributed by atoms with Gasteiger partial charge in [0.1, 0.15) is 0 Å². The maximum absolute atomic E-state index is 5.84. The second-order valence-electron chi connectivity index (χ2n) is 4.89. The predicted octanol–water partition coefficient (Wildman–Crippen LogP) is 4.06. The minimum atomic E-state index is 0.840. The number of rotatable bonds is 4. The second-order valence-corrected chi connectivity index (χ2v) is 5.94. The predicted molar refractivity (Wildman–Crippen MR) is 88.7 cm³/mol. The number of benzene rings is 2. The van der Waals surface area contributed by atoms with Crippen LogP contribution in [0.4, 0.5) is 5.69 Å². The van der Waals surface area contributed by atoms with E-state index in [0.29, 0.717) is 0 Å². The Bertz CT molecular complexity index is 735. The first-order valence-corrected chi connectivity index (χ1v) is 7.80. The fourth-order valence-electron chi connectivity index (χ4n) is 2.06. The van der Waals surface area contributed by atoms with Gasteiger partial charge in [-0.3, -0.25) is 0 Å². The van der Waals surface area contributed by atoms with Crippen molar-refractivity contribution in [2.24, 2.45) is 0 Å². The molecule has 2 aromatic carbocycles. The lowest BCUT2D eigenvalue weighted by Gasteiger charge is -2.04. The van der Waals surface area contributed by atoms with Gasteiger partial charge in [0, 0.05) is 22.5 Å². The van der Waals surface area contributed by atoms with Gasteiger partial charge in [-0.25, -0.2) is 4.68 Å². The summed E-state index contributed by atoms with van der Waals surface area (Å²) in [5.74, 6) is 0.850. The normalized spacial score (nSPS) is 10.7. The number of nitrogen functional groups attached to an aromatic ring is 1. The molecule has 0 aliphatic rings. The summed E-state index contributed by atoms with van der Waals surface area (Å²) in [6.07, 6.45) is 2.00. The van der Waals surface area contributed by atoms with Gasteiger partial charge >= 0.3 is 0 Å². The summed E-state index contributed by atoms with van der Waals surface area (Å²) in [5, 5.41) is 4.61. The minimum Gasteiger partial charge on any atom is -0.399 e.